The largest absolute Gasteiger partial charge is 0.454 e. The Morgan fingerprint density at radius 1 is 1.42 bits per heavy atom. The van der Waals surface area contributed by atoms with Crippen molar-refractivity contribution >= 4 is 35.8 Å². The summed E-state index contributed by atoms with van der Waals surface area (Å²) in [5.74, 6) is 1.46. The van der Waals surface area contributed by atoms with E-state index >= 15 is 0 Å². The highest BCUT2D eigenvalue weighted by Gasteiger charge is 2.07. The minimum absolute atomic E-state index is 0. The predicted molar refractivity (Wildman–Crippen MR) is 85.7 cm³/mol. The van der Waals surface area contributed by atoms with E-state index in [9.17, 15) is 4.79 Å². The lowest BCUT2D eigenvalue weighted by molar-refractivity contribution is 0.0972. The van der Waals surface area contributed by atoms with Crippen LogP contribution in [0.2, 0.25) is 0 Å². The minimum Gasteiger partial charge on any atom is -0.454 e. The van der Waals surface area contributed by atoms with Crippen molar-refractivity contribution in [3.05, 3.63) is 23.7 Å². The van der Waals surface area contributed by atoms with E-state index in [0.717, 1.165) is 6.54 Å². The van der Waals surface area contributed by atoms with E-state index in [-0.39, 0.29) is 29.7 Å². The van der Waals surface area contributed by atoms with Gasteiger partial charge in [-0.3, -0.25) is 9.79 Å². The van der Waals surface area contributed by atoms with Gasteiger partial charge in [-0.2, -0.15) is 0 Å². The summed E-state index contributed by atoms with van der Waals surface area (Å²) in [5, 5.41) is 6.26. The summed E-state index contributed by atoms with van der Waals surface area (Å²) in [5.41, 5.74) is 5.10. The van der Waals surface area contributed by atoms with Crippen LogP contribution >= 0.6 is 24.0 Å². The van der Waals surface area contributed by atoms with Crippen LogP contribution in [0.1, 0.15) is 30.2 Å². The van der Waals surface area contributed by atoms with Crippen molar-refractivity contribution in [2.75, 3.05) is 13.6 Å². The Morgan fingerprint density at radius 2 is 2.11 bits per heavy atom. The van der Waals surface area contributed by atoms with Gasteiger partial charge in [-0.15, -0.1) is 24.0 Å². The van der Waals surface area contributed by atoms with Crippen LogP contribution in [0.3, 0.4) is 0 Å². The van der Waals surface area contributed by atoms with E-state index in [4.69, 9.17) is 10.2 Å². The number of primary amides is 1. The SMILES string of the molecule is CN=C(NCc1ccc(C(N)=O)o1)NCC(C)C.I. The van der Waals surface area contributed by atoms with Gasteiger partial charge in [0.15, 0.2) is 11.7 Å². The molecule has 0 radical (unpaired) electrons. The molecule has 0 fully saturated rings. The van der Waals surface area contributed by atoms with E-state index in [0.29, 0.717) is 24.2 Å². The van der Waals surface area contributed by atoms with Crippen LogP contribution in [0, 0.1) is 5.92 Å². The average molecular weight is 380 g/mol. The van der Waals surface area contributed by atoms with Crippen LogP contribution in [0.4, 0.5) is 0 Å². The molecule has 19 heavy (non-hydrogen) atoms. The molecule has 1 heterocycles. The highest BCUT2D eigenvalue weighted by Crippen LogP contribution is 2.06. The molecule has 1 aromatic rings. The van der Waals surface area contributed by atoms with Crippen molar-refractivity contribution in [3.63, 3.8) is 0 Å². The summed E-state index contributed by atoms with van der Waals surface area (Å²) < 4.78 is 5.25. The second-order valence-corrected chi connectivity index (χ2v) is 4.33. The molecule has 0 aliphatic carbocycles. The van der Waals surface area contributed by atoms with Crippen molar-refractivity contribution < 1.29 is 9.21 Å². The molecule has 0 unspecified atom stereocenters. The number of rotatable bonds is 5. The monoisotopic (exact) mass is 380 g/mol. The normalized spacial score (nSPS) is 11.1. The zero-order valence-corrected chi connectivity index (χ0v) is 13.7. The number of guanidine groups is 1. The maximum Gasteiger partial charge on any atom is 0.284 e. The molecular formula is C12H21IN4O2. The zero-order valence-electron chi connectivity index (χ0n) is 11.4. The third kappa shape index (κ3) is 6.46. The fourth-order valence-electron chi connectivity index (χ4n) is 1.30. The molecule has 7 heteroatoms. The summed E-state index contributed by atoms with van der Waals surface area (Å²) in [6, 6.07) is 3.27. The number of carbonyl (C=O) groups is 1. The topological polar surface area (TPSA) is 92.6 Å². The first-order chi connectivity index (χ1) is 8.52. The van der Waals surface area contributed by atoms with E-state index in [1.54, 1.807) is 19.2 Å². The van der Waals surface area contributed by atoms with Gasteiger partial charge in [-0.05, 0) is 18.1 Å². The zero-order chi connectivity index (χ0) is 13.5. The lowest BCUT2D eigenvalue weighted by Gasteiger charge is -2.12. The Labute approximate surface area is 130 Å². The van der Waals surface area contributed by atoms with Crippen LogP contribution in [-0.2, 0) is 6.54 Å². The van der Waals surface area contributed by atoms with Gasteiger partial charge >= 0.3 is 0 Å². The Bertz CT molecular complexity index is 429. The summed E-state index contributed by atoms with van der Waals surface area (Å²) in [4.78, 5) is 14.9. The van der Waals surface area contributed by atoms with Gasteiger partial charge in [0, 0.05) is 13.6 Å². The lowest BCUT2D eigenvalue weighted by atomic mass is 10.2. The number of aliphatic imine (C=N–C) groups is 1. The van der Waals surface area contributed by atoms with Gasteiger partial charge in [0.2, 0.25) is 0 Å². The molecule has 0 bridgehead atoms. The Hall–Kier alpha value is -1.25. The summed E-state index contributed by atoms with van der Waals surface area (Å²) in [6.45, 7) is 5.52. The Kier molecular flexibility index (Phi) is 8.21. The second kappa shape index (κ2) is 8.78. The number of amides is 1. The lowest BCUT2D eigenvalue weighted by Crippen LogP contribution is -2.38. The van der Waals surface area contributed by atoms with Crippen molar-refractivity contribution in [2.45, 2.75) is 20.4 Å². The Morgan fingerprint density at radius 3 is 2.58 bits per heavy atom. The van der Waals surface area contributed by atoms with E-state index in [1.807, 2.05) is 0 Å². The predicted octanol–water partition coefficient (Wildman–Crippen LogP) is 1.32. The molecule has 1 rings (SSSR count). The van der Waals surface area contributed by atoms with Gasteiger partial charge < -0.3 is 20.8 Å². The van der Waals surface area contributed by atoms with Gasteiger partial charge in [-0.1, -0.05) is 13.8 Å². The molecule has 1 amide bonds. The molecule has 0 spiro atoms. The second-order valence-electron chi connectivity index (χ2n) is 4.33. The third-order valence-electron chi connectivity index (χ3n) is 2.24. The first kappa shape index (κ1) is 17.8. The van der Waals surface area contributed by atoms with Crippen LogP contribution < -0.4 is 16.4 Å². The smallest absolute Gasteiger partial charge is 0.284 e. The summed E-state index contributed by atoms with van der Waals surface area (Å²) in [7, 11) is 1.70. The first-order valence-electron chi connectivity index (χ1n) is 5.86. The van der Waals surface area contributed by atoms with Gasteiger partial charge in [-0.25, -0.2) is 0 Å². The maximum absolute atomic E-state index is 10.9. The fraction of sp³-hybridized carbons (Fsp3) is 0.500. The number of halogens is 1. The molecular weight excluding hydrogens is 359 g/mol. The molecule has 0 aliphatic rings. The average Bonchev–Trinajstić information content (AvgIpc) is 2.78. The van der Waals surface area contributed by atoms with Crippen LogP contribution in [0.15, 0.2) is 21.5 Å². The molecule has 1 aromatic heterocycles. The highest BCUT2D eigenvalue weighted by molar-refractivity contribution is 14.0. The van der Waals surface area contributed by atoms with Crippen molar-refractivity contribution in [1.82, 2.24) is 10.6 Å². The van der Waals surface area contributed by atoms with Crippen LogP contribution in [0.25, 0.3) is 0 Å². The van der Waals surface area contributed by atoms with Gasteiger partial charge in [0.05, 0.1) is 6.54 Å². The van der Waals surface area contributed by atoms with Crippen LogP contribution in [0.5, 0.6) is 0 Å². The third-order valence-corrected chi connectivity index (χ3v) is 2.24. The van der Waals surface area contributed by atoms with Crippen molar-refractivity contribution in [3.8, 4) is 0 Å². The maximum atomic E-state index is 10.9. The van der Waals surface area contributed by atoms with Gasteiger partial charge in [0.25, 0.3) is 5.91 Å². The number of nitrogens with two attached hydrogens (primary N) is 1. The standard InChI is InChI=1S/C12H20N4O2.HI/c1-8(2)6-15-12(14-3)16-7-9-4-5-10(18-9)11(13)17;/h4-5,8H,6-7H2,1-3H3,(H2,13,17)(H2,14,15,16);1H. The summed E-state index contributed by atoms with van der Waals surface area (Å²) >= 11 is 0. The van der Waals surface area contributed by atoms with Crippen molar-refractivity contribution in [1.29, 1.82) is 0 Å². The number of furan rings is 1. The minimum atomic E-state index is -0.566. The molecule has 0 aliphatic heterocycles. The van der Waals surface area contributed by atoms with E-state index < -0.39 is 5.91 Å². The van der Waals surface area contributed by atoms with Crippen LogP contribution in [-0.4, -0.2) is 25.5 Å². The highest BCUT2D eigenvalue weighted by atomic mass is 127. The first-order valence-corrected chi connectivity index (χ1v) is 5.86. The molecule has 0 saturated heterocycles. The van der Waals surface area contributed by atoms with E-state index in [2.05, 4.69) is 29.5 Å². The summed E-state index contributed by atoms with van der Waals surface area (Å²) in [6.07, 6.45) is 0. The van der Waals surface area contributed by atoms with Gasteiger partial charge in [0.1, 0.15) is 5.76 Å². The van der Waals surface area contributed by atoms with Crippen molar-refractivity contribution in [2.24, 2.45) is 16.6 Å². The number of nitrogens with one attached hydrogen (secondary N) is 2. The molecule has 0 atom stereocenters. The molecule has 108 valence electrons. The number of carbonyl (C=O) groups excluding carboxylic acids is 1. The molecule has 0 saturated carbocycles. The molecule has 0 aromatic carbocycles. The number of hydrogen-bond acceptors (Lipinski definition) is 3. The molecule has 6 nitrogen and oxygen atoms in total. The van der Waals surface area contributed by atoms with E-state index in [1.165, 1.54) is 0 Å². The Balaban J connectivity index is 0.00000324. The number of hydrogen-bond donors (Lipinski definition) is 3. The molecule has 4 N–H and O–H groups in total. The number of nitrogens with zero attached hydrogens (tertiary/aromatic N) is 1. The quantitative estimate of drug-likeness (QED) is 0.408. The fourth-order valence-corrected chi connectivity index (χ4v) is 1.30.